The zero-order valence-electron chi connectivity index (χ0n) is 3.01. The second kappa shape index (κ2) is 8.93. The molecule has 4 nitrogen and oxygen atoms in total. The predicted octanol–water partition coefficient (Wildman–Crippen LogP) is -4.12. The van der Waals surface area contributed by atoms with Gasteiger partial charge >= 0.3 is 40.4 Å². The fourth-order valence-electron chi connectivity index (χ4n) is 0. The van der Waals surface area contributed by atoms with Crippen LogP contribution in [-0.4, -0.2) is 40.4 Å². The Morgan fingerprint density at radius 3 is 1.12 bits per heavy atom. The zero-order chi connectivity index (χ0) is 4.50. The van der Waals surface area contributed by atoms with Gasteiger partial charge in [-0.2, -0.15) is 7.82 Å². The van der Waals surface area contributed by atoms with E-state index in [-0.39, 0.29) is 57.5 Å². The number of hydrogen-bond acceptors (Lipinski definition) is 4. The summed E-state index contributed by atoms with van der Waals surface area (Å²) >= 11 is 0. The van der Waals surface area contributed by atoms with Gasteiger partial charge in [0.05, 0.1) is 0 Å². The zero-order valence-corrected chi connectivity index (χ0v) is 6.16. The molecule has 0 radical (unpaired) electrons. The number of rotatable bonds is 0. The van der Waals surface area contributed by atoms with Gasteiger partial charge in [0.1, 0.15) is 0 Å². The van der Waals surface area contributed by atoms with Crippen LogP contribution in [0.3, 0.4) is 0 Å². The molecule has 0 atom stereocenters. The summed E-state index contributed by atoms with van der Waals surface area (Å²) in [5.41, 5.74) is 0. The molecule has 0 fully saturated rings. The van der Waals surface area contributed by atoms with E-state index < -0.39 is 7.82 Å². The molecule has 0 aromatic carbocycles. The largest absolute Gasteiger partial charge is 3.00 e. The Morgan fingerprint density at radius 2 is 1.12 bits per heavy atom. The normalized spacial score (nSPS) is 7.38. The summed E-state index contributed by atoms with van der Waals surface area (Å²) in [6, 6.07) is 0. The molecule has 0 unspecified atom stereocenters. The van der Waals surface area contributed by atoms with E-state index in [9.17, 15) is 0 Å². The van der Waals surface area contributed by atoms with Crippen molar-refractivity contribution in [1.29, 1.82) is 0 Å². The second-order valence-corrected chi connectivity index (χ2v) is 1.34. The van der Waals surface area contributed by atoms with Crippen LogP contribution in [0, 0.1) is 0 Å². The first-order chi connectivity index (χ1) is 2.00. The minimum Gasteiger partial charge on any atom is -0.822 e. The molecule has 0 saturated heterocycles. The van der Waals surface area contributed by atoms with Gasteiger partial charge in [0.15, 0.2) is 0 Å². The van der Waals surface area contributed by atoms with E-state index in [1.54, 1.807) is 0 Å². The van der Waals surface area contributed by atoms with E-state index in [4.69, 9.17) is 19.2 Å². The maximum atomic E-state index is 8.55. The first-order valence-corrected chi connectivity index (χ1v) is 2.19. The summed E-state index contributed by atoms with van der Waals surface area (Å²) in [5, 5.41) is 0. The van der Waals surface area contributed by atoms with Gasteiger partial charge in [0, 0.05) is 17.1 Å². The van der Waals surface area contributed by atoms with Crippen molar-refractivity contribution in [2.75, 3.05) is 0 Å². The van der Waals surface area contributed by atoms with Crippen LogP contribution >= 0.6 is 7.82 Å². The molecule has 0 aliphatic heterocycles. The summed E-state index contributed by atoms with van der Waals surface area (Å²) < 4.78 is 8.55. The van der Waals surface area contributed by atoms with Crippen LogP contribution in [0.25, 0.3) is 0 Å². The summed E-state index contributed by atoms with van der Waals surface area (Å²) in [4.78, 5) is 25.6. The van der Waals surface area contributed by atoms with Crippen LogP contribution in [0.2, 0.25) is 0 Å². The Labute approximate surface area is 84.0 Å². The van der Waals surface area contributed by atoms with E-state index in [1.807, 2.05) is 0 Å². The fourth-order valence-corrected chi connectivity index (χ4v) is 0. The molecule has 0 aliphatic rings. The SMILES string of the molecule is O=P([O-])([O-])[O-].[Al+3].[Fe].[MgH2]. The summed E-state index contributed by atoms with van der Waals surface area (Å²) in [6.07, 6.45) is 0. The van der Waals surface area contributed by atoms with E-state index >= 15 is 0 Å². The molecule has 8 heteroatoms. The van der Waals surface area contributed by atoms with Gasteiger partial charge in [-0.25, -0.2) is 0 Å². The van der Waals surface area contributed by atoms with Crippen LogP contribution in [0.5, 0.6) is 0 Å². The predicted molar refractivity (Wildman–Crippen MR) is 21.9 cm³/mol. The molecule has 0 aromatic heterocycles. The van der Waals surface area contributed by atoms with Gasteiger partial charge in [-0.05, 0) is 0 Å². The van der Waals surface area contributed by atoms with Gasteiger partial charge in [0.2, 0.25) is 0 Å². The minimum atomic E-state index is -5.39. The van der Waals surface area contributed by atoms with Crippen molar-refractivity contribution in [3.63, 3.8) is 0 Å². The molecule has 0 saturated carbocycles. The number of hydrogen-bond donors (Lipinski definition) is 0. The first kappa shape index (κ1) is 22.5. The molecule has 44 valence electrons. The van der Waals surface area contributed by atoms with Crippen molar-refractivity contribution >= 4 is 48.2 Å². The monoisotopic (exact) mass is 204 g/mol. The van der Waals surface area contributed by atoms with E-state index in [1.165, 1.54) is 0 Å². The van der Waals surface area contributed by atoms with E-state index in [0.29, 0.717) is 0 Å². The molecule has 0 rings (SSSR count). The third-order valence-corrected chi connectivity index (χ3v) is 0. The molecule has 0 heterocycles. The molecular formula is H2AlFeMgO4P. The summed E-state index contributed by atoms with van der Waals surface area (Å²) in [6.45, 7) is 0. The molecule has 0 amide bonds. The Bertz CT molecular complexity index is 62.2. The molecule has 0 aliphatic carbocycles. The van der Waals surface area contributed by atoms with E-state index in [0.717, 1.165) is 0 Å². The van der Waals surface area contributed by atoms with Gasteiger partial charge in [0.25, 0.3) is 0 Å². The second-order valence-electron chi connectivity index (χ2n) is 0.447. The Balaban J connectivity index is -0.0000000267. The van der Waals surface area contributed by atoms with Crippen LogP contribution in [0.4, 0.5) is 0 Å². The van der Waals surface area contributed by atoms with Gasteiger partial charge < -0.3 is 19.2 Å². The third-order valence-electron chi connectivity index (χ3n) is 0. The quantitative estimate of drug-likeness (QED) is 0.296. The van der Waals surface area contributed by atoms with Gasteiger partial charge in [-0.1, -0.05) is 0 Å². The van der Waals surface area contributed by atoms with Crippen LogP contribution in [-0.2, 0) is 21.6 Å². The van der Waals surface area contributed by atoms with E-state index in [2.05, 4.69) is 0 Å². The minimum absolute atomic E-state index is 0. The number of phosphoric acid groups is 1. The maximum absolute atomic E-state index is 8.55. The Hall–Kier alpha value is 1.93. The molecule has 0 aromatic rings. The van der Waals surface area contributed by atoms with Crippen LogP contribution < -0.4 is 14.7 Å². The first-order valence-electron chi connectivity index (χ1n) is 0.730. The van der Waals surface area contributed by atoms with Gasteiger partial charge in [-0.15, -0.1) is 0 Å². The average molecular weight is 204 g/mol. The molecule has 0 spiro atoms. The molecular weight excluding hydrogens is 202 g/mol. The molecule has 0 bridgehead atoms. The average Bonchev–Trinajstić information content (AvgIpc) is 0.722. The molecule has 8 heavy (non-hydrogen) atoms. The van der Waals surface area contributed by atoms with Crippen molar-refractivity contribution < 1.29 is 36.3 Å². The van der Waals surface area contributed by atoms with Crippen molar-refractivity contribution in [2.45, 2.75) is 0 Å². The van der Waals surface area contributed by atoms with Crippen molar-refractivity contribution in [3.05, 3.63) is 0 Å². The van der Waals surface area contributed by atoms with Crippen molar-refractivity contribution in [1.82, 2.24) is 0 Å². The maximum Gasteiger partial charge on any atom is 3.00 e. The van der Waals surface area contributed by atoms with Crippen LogP contribution in [0.15, 0.2) is 0 Å². The summed E-state index contributed by atoms with van der Waals surface area (Å²) in [5.74, 6) is 0. The van der Waals surface area contributed by atoms with Crippen molar-refractivity contribution in [2.24, 2.45) is 0 Å². The standard InChI is InChI=1S/Al.Fe.Mg.H3O4P.2H/c;;;1-5(2,3)4;;/h;;;(H3,1,2,3,4);;/q+3;;;;;/p-3. The van der Waals surface area contributed by atoms with Crippen LogP contribution in [0.1, 0.15) is 0 Å². The Kier molecular flexibility index (Phi) is 25.1. The molecule has 0 N–H and O–H groups in total. The van der Waals surface area contributed by atoms with Crippen molar-refractivity contribution in [3.8, 4) is 0 Å². The third kappa shape index (κ3) is 102. The Morgan fingerprint density at radius 1 is 1.12 bits per heavy atom. The fraction of sp³-hybridized carbons (Fsp3) is 0. The topological polar surface area (TPSA) is 86.2 Å². The smallest absolute Gasteiger partial charge is 0.822 e. The van der Waals surface area contributed by atoms with Gasteiger partial charge in [-0.3, -0.25) is 0 Å². The summed E-state index contributed by atoms with van der Waals surface area (Å²) in [7, 11) is -5.39.